The summed E-state index contributed by atoms with van der Waals surface area (Å²) in [7, 11) is 0. The number of benzene rings is 5. The number of hydrogen-bond donors (Lipinski definition) is 0. The fraction of sp³-hybridized carbons (Fsp3) is 0. The third kappa shape index (κ3) is 4.30. The van der Waals surface area contributed by atoms with Crippen molar-refractivity contribution in [2.24, 2.45) is 0 Å². The van der Waals surface area contributed by atoms with Gasteiger partial charge >= 0.3 is 0 Å². The molecule has 7 heteroatoms. The van der Waals surface area contributed by atoms with Crippen molar-refractivity contribution in [2.45, 2.75) is 0 Å². The minimum absolute atomic E-state index is 0.335. The van der Waals surface area contributed by atoms with Gasteiger partial charge in [-0.15, -0.1) is 0 Å². The molecule has 0 aliphatic carbocycles. The average molecular weight is 544 g/mol. The number of ether oxygens (including phenoxy) is 2. The van der Waals surface area contributed by atoms with Crippen LogP contribution in [0.2, 0.25) is 0 Å². The Morgan fingerprint density at radius 1 is 0.381 bits per heavy atom. The first-order valence-electron chi connectivity index (χ1n) is 13.5. The van der Waals surface area contributed by atoms with E-state index in [0.29, 0.717) is 40.7 Å². The number of rotatable bonds is 4. The van der Waals surface area contributed by atoms with Gasteiger partial charge in [-0.25, -0.2) is 24.9 Å². The molecule has 1 aliphatic heterocycles. The Morgan fingerprint density at radius 3 is 1.52 bits per heavy atom. The number of nitrogens with zero attached hydrogens (tertiary/aromatic N) is 5. The molecule has 0 spiro atoms. The molecule has 3 heterocycles. The van der Waals surface area contributed by atoms with Gasteiger partial charge in [0, 0.05) is 22.3 Å². The maximum absolute atomic E-state index is 6.33. The molecule has 0 amide bonds. The topological polar surface area (TPSA) is 82.9 Å². The first-order chi connectivity index (χ1) is 20.8. The van der Waals surface area contributed by atoms with Gasteiger partial charge in [-0.05, 0) is 29.8 Å². The fourth-order valence-electron chi connectivity index (χ4n) is 4.99. The predicted octanol–water partition coefficient (Wildman–Crippen LogP) is 8.38. The zero-order valence-electron chi connectivity index (χ0n) is 22.2. The van der Waals surface area contributed by atoms with Crippen LogP contribution in [0.5, 0.6) is 23.3 Å². The maximum atomic E-state index is 6.33. The molecule has 0 N–H and O–H groups in total. The van der Waals surface area contributed by atoms with Crippen LogP contribution >= 0.6 is 0 Å². The smallest absolute Gasteiger partial charge is 0.284 e. The zero-order chi connectivity index (χ0) is 27.9. The summed E-state index contributed by atoms with van der Waals surface area (Å²) in [4.78, 5) is 23.8. The third-order valence-electron chi connectivity index (χ3n) is 7.02. The van der Waals surface area contributed by atoms with Gasteiger partial charge < -0.3 is 9.47 Å². The van der Waals surface area contributed by atoms with Crippen molar-refractivity contribution in [3.8, 4) is 68.5 Å². The van der Waals surface area contributed by atoms with Gasteiger partial charge in [0.05, 0.1) is 11.0 Å². The number of fused-ring (bicyclic) bond motifs is 3. The van der Waals surface area contributed by atoms with Crippen molar-refractivity contribution < 1.29 is 9.47 Å². The molecule has 0 saturated carbocycles. The molecule has 0 bridgehead atoms. The maximum Gasteiger partial charge on any atom is 0.284 e. The molecule has 7 aromatic rings. The number of aromatic nitrogens is 5. The minimum Gasteiger partial charge on any atom is -0.431 e. The highest BCUT2D eigenvalue weighted by Gasteiger charge is 2.25. The lowest BCUT2D eigenvalue weighted by molar-refractivity contribution is 0.340. The highest BCUT2D eigenvalue weighted by Crippen LogP contribution is 2.48. The minimum atomic E-state index is 0.335. The number of hydrogen-bond acceptors (Lipinski definition) is 7. The van der Waals surface area contributed by atoms with Gasteiger partial charge in [0.15, 0.2) is 29.0 Å². The molecule has 0 unspecified atom stereocenters. The van der Waals surface area contributed by atoms with Crippen LogP contribution < -0.4 is 9.47 Å². The van der Waals surface area contributed by atoms with E-state index in [1.165, 1.54) is 0 Å². The van der Waals surface area contributed by atoms with E-state index in [2.05, 4.69) is 16.0 Å². The van der Waals surface area contributed by atoms with Crippen molar-refractivity contribution in [3.05, 3.63) is 127 Å². The molecule has 0 fully saturated rings. The van der Waals surface area contributed by atoms with Crippen LogP contribution in [0.1, 0.15) is 0 Å². The second-order valence-corrected chi connectivity index (χ2v) is 9.78. The molecule has 5 aromatic carbocycles. The van der Waals surface area contributed by atoms with Crippen molar-refractivity contribution in [1.29, 1.82) is 0 Å². The summed E-state index contributed by atoms with van der Waals surface area (Å²) in [6, 6.07) is 41.4. The van der Waals surface area contributed by atoms with Crippen LogP contribution in [0.15, 0.2) is 127 Å². The van der Waals surface area contributed by atoms with Crippen LogP contribution in [0.3, 0.4) is 0 Å². The van der Waals surface area contributed by atoms with Crippen molar-refractivity contribution in [1.82, 2.24) is 24.9 Å². The molecule has 0 atom stereocenters. The molecular formula is C35H21N5O2. The highest BCUT2D eigenvalue weighted by molar-refractivity contribution is 5.80. The van der Waals surface area contributed by atoms with E-state index in [1.54, 1.807) is 0 Å². The molecule has 198 valence electrons. The summed E-state index contributed by atoms with van der Waals surface area (Å²) in [5.41, 5.74) is 5.96. The first-order valence-corrected chi connectivity index (χ1v) is 13.5. The van der Waals surface area contributed by atoms with Crippen LogP contribution in [-0.4, -0.2) is 24.9 Å². The summed E-state index contributed by atoms with van der Waals surface area (Å²) >= 11 is 0. The Morgan fingerprint density at radius 2 is 0.881 bits per heavy atom. The lowest BCUT2D eigenvalue weighted by Crippen LogP contribution is -2.04. The monoisotopic (exact) mass is 543 g/mol. The van der Waals surface area contributed by atoms with E-state index in [1.807, 2.05) is 121 Å². The second-order valence-electron chi connectivity index (χ2n) is 9.78. The summed E-state index contributed by atoms with van der Waals surface area (Å²) in [6.45, 7) is 0. The molecule has 7 nitrogen and oxygen atoms in total. The predicted molar refractivity (Wildman–Crippen MR) is 161 cm³/mol. The van der Waals surface area contributed by atoms with Crippen molar-refractivity contribution in [3.63, 3.8) is 0 Å². The van der Waals surface area contributed by atoms with E-state index < -0.39 is 0 Å². The second kappa shape index (κ2) is 9.91. The normalized spacial score (nSPS) is 11.7. The summed E-state index contributed by atoms with van der Waals surface area (Å²) in [6.07, 6.45) is 0. The SMILES string of the molecule is c1ccc(-c2nc(-c3ccccc3)nc(-c3cccc(-c4cccc5c4Oc4nc6ccccc6nc4O5)c3)n2)cc1. The van der Waals surface area contributed by atoms with Gasteiger partial charge in [0.25, 0.3) is 11.8 Å². The van der Waals surface area contributed by atoms with Gasteiger partial charge in [-0.1, -0.05) is 103 Å². The highest BCUT2D eigenvalue weighted by atomic mass is 16.6. The summed E-state index contributed by atoms with van der Waals surface area (Å²) < 4.78 is 12.5. The van der Waals surface area contributed by atoms with Gasteiger partial charge in [0.1, 0.15) is 0 Å². The molecular weight excluding hydrogens is 522 g/mol. The number of para-hydroxylation sites is 3. The molecule has 42 heavy (non-hydrogen) atoms. The molecule has 2 aromatic heterocycles. The van der Waals surface area contributed by atoms with Crippen LogP contribution in [0, 0.1) is 0 Å². The first kappa shape index (κ1) is 23.9. The molecule has 0 saturated heterocycles. The Balaban J connectivity index is 1.22. The van der Waals surface area contributed by atoms with E-state index in [-0.39, 0.29) is 0 Å². The van der Waals surface area contributed by atoms with Gasteiger partial charge in [-0.3, -0.25) is 0 Å². The van der Waals surface area contributed by atoms with E-state index >= 15 is 0 Å². The Labute approximate surface area is 241 Å². The van der Waals surface area contributed by atoms with E-state index in [0.717, 1.165) is 38.9 Å². The lowest BCUT2D eigenvalue weighted by Gasteiger charge is -2.21. The Kier molecular flexibility index (Phi) is 5.64. The molecule has 0 radical (unpaired) electrons. The Hall–Kier alpha value is -5.95. The van der Waals surface area contributed by atoms with Gasteiger partial charge in [-0.2, -0.15) is 0 Å². The average Bonchev–Trinajstić information content (AvgIpc) is 3.07. The van der Waals surface area contributed by atoms with Crippen molar-refractivity contribution >= 4 is 11.0 Å². The van der Waals surface area contributed by atoms with Crippen LogP contribution in [0.4, 0.5) is 0 Å². The summed E-state index contributed by atoms with van der Waals surface area (Å²) in [5.74, 6) is 3.64. The summed E-state index contributed by atoms with van der Waals surface area (Å²) in [5, 5.41) is 0. The zero-order valence-corrected chi connectivity index (χ0v) is 22.2. The Bertz CT molecular complexity index is 2040. The molecule has 8 rings (SSSR count). The standard InChI is InChI=1S/C35H21N5O2/c1-3-11-22(12-4-1)31-38-32(23-13-5-2-6-14-23)40-33(39-31)25-16-9-15-24(21-25)26-17-10-20-29-30(26)42-35-34(41-29)36-27-18-7-8-19-28(27)37-35/h1-21H. The quantitative estimate of drug-likeness (QED) is 0.220. The van der Waals surface area contributed by atoms with Crippen LogP contribution in [0.25, 0.3) is 56.3 Å². The molecule has 1 aliphatic rings. The largest absolute Gasteiger partial charge is 0.431 e. The van der Waals surface area contributed by atoms with E-state index in [9.17, 15) is 0 Å². The fourth-order valence-corrected chi connectivity index (χ4v) is 4.99. The van der Waals surface area contributed by atoms with Gasteiger partial charge in [0.2, 0.25) is 0 Å². The lowest BCUT2D eigenvalue weighted by atomic mass is 10.0. The van der Waals surface area contributed by atoms with E-state index in [4.69, 9.17) is 24.4 Å². The third-order valence-corrected chi connectivity index (χ3v) is 7.02. The van der Waals surface area contributed by atoms with Crippen molar-refractivity contribution in [2.75, 3.05) is 0 Å². The van der Waals surface area contributed by atoms with Crippen LogP contribution in [-0.2, 0) is 0 Å².